The summed E-state index contributed by atoms with van der Waals surface area (Å²) in [4.78, 5) is -0.195. The molecule has 0 fully saturated rings. The van der Waals surface area contributed by atoms with Crippen molar-refractivity contribution in [3.05, 3.63) is 28.0 Å². The summed E-state index contributed by atoms with van der Waals surface area (Å²) in [5.41, 5.74) is 0.406. The highest BCUT2D eigenvalue weighted by Gasteiger charge is 2.14. The second-order valence-corrected chi connectivity index (χ2v) is 4.94. The fourth-order valence-electron chi connectivity index (χ4n) is 0.918. The molecular weight excluding hydrogens is 261 g/mol. The van der Waals surface area contributed by atoms with Crippen LogP contribution in [0.2, 0.25) is 0 Å². The zero-order valence-electron chi connectivity index (χ0n) is 6.71. The van der Waals surface area contributed by atoms with Crippen molar-refractivity contribution in [2.75, 3.05) is 0 Å². The Morgan fingerprint density at radius 1 is 1.46 bits per heavy atom. The van der Waals surface area contributed by atoms with Crippen molar-refractivity contribution in [1.82, 2.24) is 0 Å². The molecule has 0 bridgehead atoms. The van der Waals surface area contributed by atoms with Crippen LogP contribution in [0.25, 0.3) is 0 Å². The monoisotopic (exact) mass is 267 g/mol. The lowest BCUT2D eigenvalue weighted by molar-refractivity contribution is 0.591. The van der Waals surface area contributed by atoms with Crippen LogP contribution in [-0.2, 0) is 10.0 Å². The highest BCUT2D eigenvalue weighted by Crippen LogP contribution is 2.23. The third-order valence-electron chi connectivity index (χ3n) is 1.57. The molecule has 72 valence electrons. The van der Waals surface area contributed by atoms with E-state index in [9.17, 15) is 12.8 Å². The number of nitrogens with two attached hydrogens (primary N) is 1. The number of primary sulfonamides is 1. The van der Waals surface area contributed by atoms with Crippen molar-refractivity contribution in [2.45, 2.75) is 11.8 Å². The van der Waals surface area contributed by atoms with Crippen LogP contribution in [0.1, 0.15) is 5.56 Å². The van der Waals surface area contributed by atoms with E-state index in [4.69, 9.17) is 5.14 Å². The molecule has 1 rings (SSSR count). The SMILES string of the molecule is Cc1c(Br)cc(F)cc1S(N)(=O)=O. The average molecular weight is 268 g/mol. The third-order valence-corrected chi connectivity index (χ3v) is 3.43. The number of halogens is 2. The Kier molecular flexibility index (Phi) is 2.74. The van der Waals surface area contributed by atoms with Crippen molar-refractivity contribution in [3.8, 4) is 0 Å². The first-order valence-corrected chi connectivity index (χ1v) is 5.65. The Hall–Kier alpha value is -0.460. The van der Waals surface area contributed by atoms with Gasteiger partial charge in [0.15, 0.2) is 0 Å². The molecule has 3 nitrogen and oxygen atoms in total. The minimum atomic E-state index is -3.85. The predicted molar refractivity (Wildman–Crippen MR) is 50.2 cm³/mol. The molecule has 1 aromatic carbocycles. The zero-order valence-corrected chi connectivity index (χ0v) is 9.12. The molecule has 6 heteroatoms. The fourth-order valence-corrected chi connectivity index (χ4v) is 2.29. The van der Waals surface area contributed by atoms with E-state index in [2.05, 4.69) is 15.9 Å². The number of sulfonamides is 1. The standard InChI is InChI=1S/C7H7BrFNO2S/c1-4-6(8)2-5(9)3-7(4)13(10,11)12/h2-3H,1H3,(H2,10,11,12). The minimum absolute atomic E-state index is 0.195. The Balaban J connectivity index is 3.56. The topological polar surface area (TPSA) is 60.2 Å². The Morgan fingerprint density at radius 3 is 2.46 bits per heavy atom. The molecule has 0 aliphatic rings. The van der Waals surface area contributed by atoms with Crippen LogP contribution in [0.5, 0.6) is 0 Å². The van der Waals surface area contributed by atoms with E-state index in [0.29, 0.717) is 10.0 Å². The van der Waals surface area contributed by atoms with Gasteiger partial charge in [-0.25, -0.2) is 17.9 Å². The maximum absolute atomic E-state index is 12.8. The van der Waals surface area contributed by atoms with Crippen LogP contribution in [0.4, 0.5) is 4.39 Å². The van der Waals surface area contributed by atoms with Crippen LogP contribution in [0, 0.1) is 12.7 Å². The molecular formula is C7H7BrFNO2S. The largest absolute Gasteiger partial charge is 0.238 e. The smallest absolute Gasteiger partial charge is 0.225 e. The van der Waals surface area contributed by atoms with Gasteiger partial charge >= 0.3 is 0 Å². The van der Waals surface area contributed by atoms with E-state index in [-0.39, 0.29) is 4.90 Å². The maximum atomic E-state index is 12.8. The summed E-state index contributed by atoms with van der Waals surface area (Å²) in [5.74, 6) is -0.637. The molecule has 0 atom stereocenters. The molecule has 0 radical (unpaired) electrons. The molecule has 0 saturated carbocycles. The summed E-state index contributed by atoms with van der Waals surface area (Å²) in [6.07, 6.45) is 0. The van der Waals surface area contributed by atoms with E-state index in [1.54, 1.807) is 6.92 Å². The first-order chi connectivity index (χ1) is 5.82. The number of hydrogen-bond acceptors (Lipinski definition) is 2. The van der Waals surface area contributed by atoms with Crippen molar-refractivity contribution in [1.29, 1.82) is 0 Å². The number of benzene rings is 1. The van der Waals surface area contributed by atoms with Crippen LogP contribution in [0.3, 0.4) is 0 Å². The average Bonchev–Trinajstić information content (AvgIpc) is 1.94. The lowest BCUT2D eigenvalue weighted by atomic mass is 10.2. The van der Waals surface area contributed by atoms with Gasteiger partial charge < -0.3 is 0 Å². The molecule has 0 aromatic heterocycles. The summed E-state index contributed by atoms with van der Waals surface area (Å²) in [5, 5.41) is 4.88. The van der Waals surface area contributed by atoms with E-state index in [1.165, 1.54) is 6.07 Å². The van der Waals surface area contributed by atoms with Crippen LogP contribution in [0.15, 0.2) is 21.5 Å². The molecule has 13 heavy (non-hydrogen) atoms. The zero-order chi connectivity index (χ0) is 10.2. The van der Waals surface area contributed by atoms with Crippen LogP contribution in [-0.4, -0.2) is 8.42 Å². The molecule has 0 spiro atoms. The van der Waals surface area contributed by atoms with Gasteiger partial charge in [-0.15, -0.1) is 0 Å². The lowest BCUT2D eigenvalue weighted by Gasteiger charge is -2.05. The van der Waals surface area contributed by atoms with Crippen molar-refractivity contribution in [3.63, 3.8) is 0 Å². The first-order valence-electron chi connectivity index (χ1n) is 3.31. The van der Waals surface area contributed by atoms with Gasteiger partial charge in [0.25, 0.3) is 0 Å². The third kappa shape index (κ3) is 2.26. The summed E-state index contributed by atoms with van der Waals surface area (Å²) < 4.78 is 35.1. The van der Waals surface area contributed by atoms with Crippen molar-refractivity contribution >= 4 is 26.0 Å². The minimum Gasteiger partial charge on any atom is -0.225 e. The molecule has 0 saturated heterocycles. The van der Waals surface area contributed by atoms with E-state index in [0.717, 1.165) is 6.07 Å². The van der Waals surface area contributed by atoms with Crippen molar-refractivity contribution in [2.24, 2.45) is 5.14 Å². The first kappa shape index (κ1) is 10.6. The molecule has 1 aromatic rings. The maximum Gasteiger partial charge on any atom is 0.238 e. The van der Waals surface area contributed by atoms with E-state index in [1.807, 2.05) is 0 Å². The summed E-state index contributed by atoms with van der Waals surface area (Å²) in [7, 11) is -3.85. The summed E-state index contributed by atoms with van der Waals surface area (Å²) in [6, 6.07) is 2.08. The molecule has 0 aliphatic carbocycles. The summed E-state index contributed by atoms with van der Waals surface area (Å²) in [6.45, 7) is 1.54. The molecule has 0 heterocycles. The van der Waals surface area contributed by atoms with Crippen molar-refractivity contribution < 1.29 is 12.8 Å². The van der Waals surface area contributed by atoms with Gasteiger partial charge in [-0.2, -0.15) is 0 Å². The van der Waals surface area contributed by atoms with Gasteiger partial charge in [-0.1, -0.05) is 15.9 Å². The van der Waals surface area contributed by atoms with E-state index < -0.39 is 15.8 Å². The highest BCUT2D eigenvalue weighted by atomic mass is 79.9. The normalized spacial score (nSPS) is 11.7. The van der Waals surface area contributed by atoms with Gasteiger partial charge in [0.1, 0.15) is 5.82 Å². The van der Waals surface area contributed by atoms with Crippen LogP contribution < -0.4 is 5.14 Å². The quantitative estimate of drug-likeness (QED) is 0.839. The van der Waals surface area contributed by atoms with Gasteiger partial charge in [0.2, 0.25) is 10.0 Å². The molecule has 0 unspecified atom stereocenters. The van der Waals surface area contributed by atoms with Gasteiger partial charge in [-0.3, -0.25) is 0 Å². The molecule has 0 amide bonds. The second kappa shape index (κ2) is 3.36. The Labute approximate surface area is 83.9 Å². The summed E-state index contributed by atoms with van der Waals surface area (Å²) >= 11 is 3.03. The van der Waals surface area contributed by atoms with Gasteiger partial charge in [-0.05, 0) is 24.6 Å². The molecule has 2 N–H and O–H groups in total. The Bertz CT molecular complexity index is 444. The van der Waals surface area contributed by atoms with Gasteiger partial charge in [0, 0.05) is 4.47 Å². The highest BCUT2D eigenvalue weighted by molar-refractivity contribution is 9.10. The molecule has 0 aliphatic heterocycles. The Morgan fingerprint density at radius 2 is 2.00 bits per heavy atom. The van der Waals surface area contributed by atoms with Gasteiger partial charge in [0.05, 0.1) is 4.90 Å². The number of hydrogen-bond donors (Lipinski definition) is 1. The fraction of sp³-hybridized carbons (Fsp3) is 0.143. The predicted octanol–water partition coefficient (Wildman–Crippen LogP) is 1.54. The second-order valence-electron chi connectivity index (χ2n) is 2.56. The van der Waals surface area contributed by atoms with Crippen LogP contribution >= 0.6 is 15.9 Å². The number of rotatable bonds is 1. The lowest BCUT2D eigenvalue weighted by Crippen LogP contribution is -2.14. The van der Waals surface area contributed by atoms with E-state index >= 15 is 0 Å².